The molecule has 0 saturated heterocycles. The Morgan fingerprint density at radius 3 is 1.92 bits per heavy atom. The Morgan fingerprint density at radius 2 is 1.04 bits per heavy atom. The van der Waals surface area contributed by atoms with E-state index in [0.29, 0.717) is 0 Å². The molecule has 0 saturated carbocycles. The molecule has 10 rings (SSSR count). The van der Waals surface area contributed by atoms with E-state index >= 15 is 0 Å². The zero-order chi connectivity index (χ0) is 32.3. The molecular weight excluding hydrogens is 615 g/mol. The van der Waals surface area contributed by atoms with Crippen LogP contribution in [-0.4, -0.2) is 0 Å². The summed E-state index contributed by atoms with van der Waals surface area (Å²) in [7, 11) is 0. The van der Waals surface area contributed by atoms with E-state index in [2.05, 4.69) is 181 Å². The molecule has 0 fully saturated rings. The van der Waals surface area contributed by atoms with E-state index in [9.17, 15) is 0 Å². The summed E-state index contributed by atoms with van der Waals surface area (Å²) in [5.41, 5.74) is 10.1. The van der Waals surface area contributed by atoms with Crippen LogP contribution in [0.15, 0.2) is 176 Å². The summed E-state index contributed by atoms with van der Waals surface area (Å²) >= 11 is 1.84. The second-order valence-electron chi connectivity index (χ2n) is 12.5. The molecule has 0 atom stereocenters. The van der Waals surface area contributed by atoms with Gasteiger partial charge in [0.1, 0.15) is 11.5 Å². The molecule has 9 aromatic rings. The number of rotatable bonds is 4. The van der Waals surface area contributed by atoms with Gasteiger partial charge < -0.3 is 9.64 Å². The van der Waals surface area contributed by atoms with Gasteiger partial charge in [-0.3, -0.25) is 0 Å². The van der Waals surface area contributed by atoms with Crippen LogP contribution in [0, 0.1) is 0 Å². The van der Waals surface area contributed by atoms with E-state index in [-0.39, 0.29) is 0 Å². The minimum atomic E-state index is 0.837. The maximum Gasteiger partial charge on any atom is 0.143 e. The van der Waals surface area contributed by atoms with Gasteiger partial charge in [0.25, 0.3) is 0 Å². The quantitative estimate of drug-likeness (QED) is 0.189. The summed E-state index contributed by atoms with van der Waals surface area (Å²) in [6, 6.07) is 63.1. The Kier molecular flexibility index (Phi) is 6.39. The lowest BCUT2D eigenvalue weighted by atomic mass is 9.93. The molecule has 0 amide bonds. The molecule has 3 heteroatoms. The molecule has 2 nitrogen and oxygen atoms in total. The fourth-order valence-electron chi connectivity index (χ4n) is 7.40. The third-order valence-electron chi connectivity index (χ3n) is 9.67. The number of fused-ring (bicyclic) bond motifs is 10. The molecule has 2 heterocycles. The Balaban J connectivity index is 1.23. The van der Waals surface area contributed by atoms with Crippen molar-refractivity contribution in [2.75, 3.05) is 4.90 Å². The Labute approximate surface area is 288 Å². The minimum absolute atomic E-state index is 0.837. The summed E-state index contributed by atoms with van der Waals surface area (Å²) < 4.78 is 9.65. The van der Waals surface area contributed by atoms with Crippen LogP contribution in [0.4, 0.5) is 17.1 Å². The highest BCUT2D eigenvalue weighted by Crippen LogP contribution is 2.51. The van der Waals surface area contributed by atoms with Crippen LogP contribution >= 0.6 is 11.3 Å². The highest BCUT2D eigenvalue weighted by molar-refractivity contribution is 7.25. The van der Waals surface area contributed by atoms with Crippen molar-refractivity contribution in [2.45, 2.75) is 0 Å². The van der Waals surface area contributed by atoms with Gasteiger partial charge >= 0.3 is 0 Å². The van der Waals surface area contributed by atoms with Crippen LogP contribution in [0.2, 0.25) is 0 Å². The number of benzene rings is 8. The summed E-state index contributed by atoms with van der Waals surface area (Å²) in [5, 5.41) is 4.81. The zero-order valence-corrected chi connectivity index (χ0v) is 27.3. The number of nitrogens with zero attached hydrogens (tertiary/aromatic N) is 1. The standard InChI is InChI=1S/C46H29NOS/c1-2-12-30(13-3-1)34-15-8-10-20-42(34)47(32-24-27-45-41(28-32)39-19-9-11-21-44(39)49-45)33-23-26-38-36-17-6-7-18-37(36)40-25-22-31-14-4-5-16-35(31)46(40)48-43(38)29-33/h1-29H. The number of thiophene rings is 1. The van der Waals surface area contributed by atoms with Gasteiger partial charge in [-0.1, -0.05) is 121 Å². The normalized spacial score (nSPS) is 11.8. The monoisotopic (exact) mass is 643 g/mol. The van der Waals surface area contributed by atoms with Crippen molar-refractivity contribution in [1.82, 2.24) is 0 Å². The first-order chi connectivity index (χ1) is 24.3. The SMILES string of the molecule is c1ccc(-c2ccccc2N(c2ccc3c(c2)Oc2c(ccc4ccccc24)-c2ccccc2-3)c2ccc3sc4ccccc4c3c2)cc1. The number of anilines is 3. The first kappa shape index (κ1) is 27.9. The zero-order valence-electron chi connectivity index (χ0n) is 26.5. The van der Waals surface area contributed by atoms with Crippen LogP contribution < -0.4 is 9.64 Å². The average Bonchev–Trinajstić information content (AvgIpc) is 3.47. The smallest absolute Gasteiger partial charge is 0.143 e. The number of hydrogen-bond donors (Lipinski definition) is 0. The number of hydrogen-bond acceptors (Lipinski definition) is 3. The fourth-order valence-corrected chi connectivity index (χ4v) is 8.48. The minimum Gasteiger partial charge on any atom is -0.455 e. The van der Waals surface area contributed by atoms with Crippen molar-refractivity contribution in [3.8, 4) is 44.9 Å². The van der Waals surface area contributed by atoms with E-state index in [1.165, 1.54) is 36.9 Å². The van der Waals surface area contributed by atoms with Gasteiger partial charge in [-0.2, -0.15) is 0 Å². The fraction of sp³-hybridized carbons (Fsp3) is 0. The molecule has 0 unspecified atom stereocenters. The highest BCUT2D eigenvalue weighted by atomic mass is 32.1. The van der Waals surface area contributed by atoms with Crippen LogP contribution in [0.5, 0.6) is 11.5 Å². The Bertz CT molecular complexity index is 2710. The third-order valence-corrected chi connectivity index (χ3v) is 10.8. The van der Waals surface area contributed by atoms with Crippen molar-refractivity contribution in [3.63, 3.8) is 0 Å². The number of ether oxygens (including phenoxy) is 1. The molecule has 230 valence electrons. The molecule has 0 aliphatic carbocycles. The van der Waals surface area contributed by atoms with E-state index in [4.69, 9.17) is 4.74 Å². The van der Waals surface area contributed by atoms with E-state index in [1.807, 2.05) is 11.3 Å². The van der Waals surface area contributed by atoms with Crippen molar-refractivity contribution >= 4 is 59.3 Å². The summed E-state index contributed by atoms with van der Waals surface area (Å²) in [4.78, 5) is 2.39. The lowest BCUT2D eigenvalue weighted by molar-refractivity contribution is 0.493. The molecule has 0 N–H and O–H groups in total. The molecule has 0 spiro atoms. The molecular formula is C46H29NOS. The Morgan fingerprint density at radius 1 is 0.408 bits per heavy atom. The maximum atomic E-state index is 7.07. The molecule has 1 aliphatic rings. The van der Waals surface area contributed by atoms with E-state index in [0.717, 1.165) is 56.0 Å². The predicted molar refractivity (Wildman–Crippen MR) is 208 cm³/mol. The van der Waals surface area contributed by atoms with Gasteiger partial charge in [0, 0.05) is 59.7 Å². The second-order valence-corrected chi connectivity index (χ2v) is 13.6. The van der Waals surface area contributed by atoms with E-state index < -0.39 is 0 Å². The van der Waals surface area contributed by atoms with Crippen LogP contribution in [-0.2, 0) is 0 Å². The van der Waals surface area contributed by atoms with Gasteiger partial charge in [0.05, 0.1) is 5.69 Å². The number of para-hydroxylation sites is 1. The first-order valence-corrected chi connectivity index (χ1v) is 17.4. The Hall–Kier alpha value is -6.16. The third kappa shape index (κ3) is 4.55. The average molecular weight is 644 g/mol. The van der Waals surface area contributed by atoms with Crippen molar-refractivity contribution in [1.29, 1.82) is 0 Å². The second kappa shape index (κ2) is 11.2. The van der Waals surface area contributed by atoms with E-state index in [1.54, 1.807) is 0 Å². The first-order valence-electron chi connectivity index (χ1n) is 16.6. The summed E-state index contributed by atoms with van der Waals surface area (Å²) in [6.45, 7) is 0. The largest absolute Gasteiger partial charge is 0.455 e. The molecule has 1 aliphatic heterocycles. The van der Waals surface area contributed by atoms with Gasteiger partial charge in [-0.25, -0.2) is 0 Å². The molecule has 0 bridgehead atoms. The van der Waals surface area contributed by atoms with Gasteiger partial charge in [0.2, 0.25) is 0 Å². The summed E-state index contributed by atoms with van der Waals surface area (Å²) in [6.07, 6.45) is 0. The van der Waals surface area contributed by atoms with Crippen molar-refractivity contribution < 1.29 is 4.74 Å². The molecule has 0 radical (unpaired) electrons. The predicted octanol–water partition coefficient (Wildman–Crippen LogP) is 13.8. The van der Waals surface area contributed by atoms with Crippen molar-refractivity contribution in [2.24, 2.45) is 0 Å². The van der Waals surface area contributed by atoms with Gasteiger partial charge in [0.15, 0.2) is 0 Å². The lowest BCUT2D eigenvalue weighted by Crippen LogP contribution is -2.11. The lowest BCUT2D eigenvalue weighted by Gasteiger charge is -2.28. The van der Waals surface area contributed by atoms with Crippen LogP contribution in [0.25, 0.3) is 64.3 Å². The van der Waals surface area contributed by atoms with Gasteiger partial charge in [-0.15, -0.1) is 11.3 Å². The maximum absolute atomic E-state index is 7.07. The van der Waals surface area contributed by atoms with Gasteiger partial charge in [-0.05, 0) is 70.6 Å². The van der Waals surface area contributed by atoms with Crippen LogP contribution in [0.3, 0.4) is 0 Å². The molecule has 49 heavy (non-hydrogen) atoms. The van der Waals surface area contributed by atoms with Crippen LogP contribution in [0.1, 0.15) is 0 Å². The highest BCUT2D eigenvalue weighted by Gasteiger charge is 2.25. The topological polar surface area (TPSA) is 12.5 Å². The molecule has 1 aromatic heterocycles. The van der Waals surface area contributed by atoms with Crippen molar-refractivity contribution in [3.05, 3.63) is 176 Å². The molecule has 8 aromatic carbocycles. The summed E-state index contributed by atoms with van der Waals surface area (Å²) in [5.74, 6) is 1.73.